The van der Waals surface area contributed by atoms with Crippen molar-refractivity contribution in [3.63, 3.8) is 0 Å². The Kier molecular flexibility index (Phi) is 4.56. The highest BCUT2D eigenvalue weighted by molar-refractivity contribution is 7.85. The van der Waals surface area contributed by atoms with Crippen molar-refractivity contribution < 1.29 is 18.5 Å². The summed E-state index contributed by atoms with van der Waals surface area (Å²) in [5.74, 6) is 1.56. The standard InChI is InChI=1S/C20H21NO4S/c1-12(22)13-4-3-5-14(8-13)26(23)15-9-16-17-11-21-7-6-18(17)25-20(16)19(10-15)24-2/h3-5,8-10,12,21-22H,6-7,11H2,1-2H3. The third kappa shape index (κ3) is 2.94. The van der Waals surface area contributed by atoms with Gasteiger partial charge in [0.05, 0.1) is 24.0 Å². The van der Waals surface area contributed by atoms with E-state index in [2.05, 4.69) is 5.32 Å². The van der Waals surface area contributed by atoms with E-state index in [4.69, 9.17) is 9.15 Å². The van der Waals surface area contributed by atoms with Crippen LogP contribution < -0.4 is 10.1 Å². The van der Waals surface area contributed by atoms with Gasteiger partial charge in [0.2, 0.25) is 0 Å². The lowest BCUT2D eigenvalue weighted by Crippen LogP contribution is -2.22. The molecular formula is C20H21NO4S. The van der Waals surface area contributed by atoms with Crippen LogP contribution in [0.3, 0.4) is 0 Å². The van der Waals surface area contributed by atoms with E-state index in [0.29, 0.717) is 21.1 Å². The largest absolute Gasteiger partial charge is 0.493 e. The summed E-state index contributed by atoms with van der Waals surface area (Å²) in [7, 11) is 0.213. The lowest BCUT2D eigenvalue weighted by Gasteiger charge is -2.11. The van der Waals surface area contributed by atoms with Gasteiger partial charge in [-0.3, -0.25) is 0 Å². The maximum absolute atomic E-state index is 13.2. The summed E-state index contributed by atoms with van der Waals surface area (Å²) in [6.45, 7) is 3.32. The Bertz CT molecular complexity index is 993. The summed E-state index contributed by atoms with van der Waals surface area (Å²) in [6.07, 6.45) is 0.234. The van der Waals surface area contributed by atoms with Gasteiger partial charge in [-0.1, -0.05) is 12.1 Å². The highest BCUT2D eigenvalue weighted by Crippen LogP contribution is 2.37. The second-order valence-corrected chi connectivity index (χ2v) is 7.93. The fourth-order valence-corrected chi connectivity index (χ4v) is 4.49. The molecule has 2 atom stereocenters. The Morgan fingerprint density at radius 3 is 2.88 bits per heavy atom. The molecule has 2 aromatic carbocycles. The topological polar surface area (TPSA) is 71.7 Å². The van der Waals surface area contributed by atoms with Crippen molar-refractivity contribution in [2.75, 3.05) is 13.7 Å². The fraction of sp³-hybridized carbons (Fsp3) is 0.300. The fourth-order valence-electron chi connectivity index (χ4n) is 3.34. The number of methoxy groups -OCH3 is 1. The molecule has 3 aromatic rings. The maximum atomic E-state index is 13.2. The molecule has 0 spiro atoms. The number of aliphatic hydroxyl groups excluding tert-OH is 1. The van der Waals surface area contributed by atoms with Crippen LogP contribution in [0.1, 0.15) is 29.9 Å². The first kappa shape index (κ1) is 17.3. The number of aliphatic hydroxyl groups is 1. The van der Waals surface area contributed by atoms with Crippen LogP contribution in [0.25, 0.3) is 11.0 Å². The van der Waals surface area contributed by atoms with Crippen molar-refractivity contribution in [1.82, 2.24) is 5.32 Å². The molecule has 6 heteroatoms. The lowest BCUT2D eigenvalue weighted by atomic mass is 10.1. The minimum Gasteiger partial charge on any atom is -0.493 e. The number of rotatable bonds is 4. The average Bonchev–Trinajstić information content (AvgIpc) is 3.05. The number of hydrogen-bond acceptors (Lipinski definition) is 5. The molecule has 0 radical (unpaired) electrons. The Hall–Kier alpha value is -2.15. The van der Waals surface area contributed by atoms with Gasteiger partial charge in [-0.25, -0.2) is 4.21 Å². The van der Waals surface area contributed by atoms with E-state index in [9.17, 15) is 9.32 Å². The van der Waals surface area contributed by atoms with Crippen molar-refractivity contribution in [3.05, 3.63) is 53.3 Å². The summed E-state index contributed by atoms with van der Waals surface area (Å²) in [5, 5.41) is 14.1. The number of benzene rings is 2. The third-order valence-electron chi connectivity index (χ3n) is 4.73. The number of furan rings is 1. The maximum Gasteiger partial charge on any atom is 0.176 e. The number of hydrogen-bond donors (Lipinski definition) is 2. The minimum atomic E-state index is -1.38. The SMILES string of the molecule is COc1cc(S(=O)c2cccc(C(C)O)c2)cc2c3c(oc12)CCNC3. The molecule has 2 heterocycles. The van der Waals surface area contributed by atoms with Gasteiger partial charge in [0, 0.05) is 46.3 Å². The molecule has 26 heavy (non-hydrogen) atoms. The predicted molar refractivity (Wildman–Crippen MR) is 99.9 cm³/mol. The molecule has 2 unspecified atom stereocenters. The van der Waals surface area contributed by atoms with E-state index in [1.54, 1.807) is 26.2 Å². The van der Waals surface area contributed by atoms with Crippen molar-refractivity contribution in [1.29, 1.82) is 0 Å². The number of ether oxygens (including phenoxy) is 1. The molecule has 1 aliphatic heterocycles. The van der Waals surface area contributed by atoms with Crippen LogP contribution in [0.15, 0.2) is 50.6 Å². The van der Waals surface area contributed by atoms with E-state index >= 15 is 0 Å². The summed E-state index contributed by atoms with van der Waals surface area (Å²) >= 11 is 0. The molecule has 2 N–H and O–H groups in total. The van der Waals surface area contributed by atoms with Crippen LogP contribution in [0, 0.1) is 0 Å². The Labute approximate surface area is 154 Å². The van der Waals surface area contributed by atoms with Crippen LogP contribution >= 0.6 is 0 Å². The highest BCUT2D eigenvalue weighted by Gasteiger charge is 2.22. The van der Waals surface area contributed by atoms with Crippen molar-refractivity contribution in [2.45, 2.75) is 35.8 Å². The van der Waals surface area contributed by atoms with Crippen molar-refractivity contribution in [2.24, 2.45) is 0 Å². The van der Waals surface area contributed by atoms with Crippen LogP contribution in [0.2, 0.25) is 0 Å². The van der Waals surface area contributed by atoms with Gasteiger partial charge in [0.25, 0.3) is 0 Å². The molecule has 0 fully saturated rings. The normalized spacial score (nSPS) is 16.3. The van der Waals surface area contributed by atoms with Gasteiger partial charge in [-0.2, -0.15) is 0 Å². The molecule has 0 saturated heterocycles. The van der Waals surface area contributed by atoms with Gasteiger partial charge >= 0.3 is 0 Å². The first-order chi connectivity index (χ1) is 12.6. The first-order valence-electron chi connectivity index (χ1n) is 8.61. The predicted octanol–water partition coefficient (Wildman–Crippen LogP) is 3.31. The van der Waals surface area contributed by atoms with E-state index in [-0.39, 0.29) is 0 Å². The zero-order valence-corrected chi connectivity index (χ0v) is 15.6. The van der Waals surface area contributed by atoms with Crippen molar-refractivity contribution >= 4 is 21.8 Å². The van der Waals surface area contributed by atoms with Crippen molar-refractivity contribution in [3.8, 4) is 5.75 Å². The van der Waals surface area contributed by atoms with Crippen LogP contribution in [-0.4, -0.2) is 23.0 Å². The minimum absolute atomic E-state index is 0.590. The Morgan fingerprint density at radius 1 is 1.27 bits per heavy atom. The van der Waals surface area contributed by atoms with Gasteiger partial charge in [0.1, 0.15) is 5.76 Å². The summed E-state index contributed by atoms with van der Waals surface area (Å²) in [6, 6.07) is 10.9. The molecular weight excluding hydrogens is 350 g/mol. The molecule has 0 saturated carbocycles. The molecule has 0 bridgehead atoms. The smallest absolute Gasteiger partial charge is 0.176 e. The van der Waals surface area contributed by atoms with E-state index in [1.807, 2.05) is 24.3 Å². The van der Waals surface area contributed by atoms with Gasteiger partial charge in [-0.15, -0.1) is 0 Å². The van der Waals surface area contributed by atoms with E-state index in [0.717, 1.165) is 41.8 Å². The van der Waals surface area contributed by atoms with E-state index in [1.165, 1.54) is 0 Å². The summed E-state index contributed by atoms with van der Waals surface area (Å²) in [4.78, 5) is 1.31. The quantitative estimate of drug-likeness (QED) is 0.736. The van der Waals surface area contributed by atoms with Gasteiger partial charge < -0.3 is 19.6 Å². The Balaban J connectivity index is 1.83. The van der Waals surface area contributed by atoms with Gasteiger partial charge in [-0.05, 0) is 30.7 Å². The molecule has 0 aliphatic carbocycles. The highest BCUT2D eigenvalue weighted by atomic mass is 32.2. The van der Waals surface area contributed by atoms with E-state index < -0.39 is 16.9 Å². The number of fused-ring (bicyclic) bond motifs is 3. The zero-order chi connectivity index (χ0) is 18.3. The molecule has 5 nitrogen and oxygen atoms in total. The molecule has 4 rings (SSSR count). The monoisotopic (exact) mass is 371 g/mol. The number of nitrogens with one attached hydrogen (secondary N) is 1. The molecule has 0 amide bonds. The second-order valence-electron chi connectivity index (χ2n) is 6.45. The molecule has 136 valence electrons. The lowest BCUT2D eigenvalue weighted by molar-refractivity contribution is 0.199. The molecule has 1 aliphatic rings. The van der Waals surface area contributed by atoms with Crippen LogP contribution in [0.5, 0.6) is 5.75 Å². The summed E-state index contributed by atoms with van der Waals surface area (Å²) in [5.41, 5.74) is 2.56. The first-order valence-corrected chi connectivity index (χ1v) is 9.76. The third-order valence-corrected chi connectivity index (χ3v) is 6.08. The average molecular weight is 371 g/mol. The zero-order valence-electron chi connectivity index (χ0n) is 14.7. The van der Waals surface area contributed by atoms with Crippen LogP contribution in [-0.2, 0) is 23.8 Å². The summed E-state index contributed by atoms with van der Waals surface area (Å²) < 4.78 is 24.7. The Morgan fingerprint density at radius 2 is 2.12 bits per heavy atom. The van der Waals surface area contributed by atoms with Gasteiger partial charge in [0.15, 0.2) is 11.3 Å². The van der Waals surface area contributed by atoms with Crippen LogP contribution in [0.4, 0.5) is 0 Å². The second kappa shape index (κ2) is 6.87. The molecule has 1 aromatic heterocycles.